The maximum absolute atomic E-state index is 14.0. The van der Waals surface area contributed by atoms with Crippen LogP contribution in [0.5, 0.6) is 11.5 Å². The number of ether oxygens (including phenoxy) is 3. The monoisotopic (exact) mass is 554 g/mol. The van der Waals surface area contributed by atoms with Crippen LogP contribution in [0.15, 0.2) is 72.4 Å². The van der Waals surface area contributed by atoms with Gasteiger partial charge in [0, 0.05) is 10.6 Å². The number of methoxy groups -OCH3 is 1. The molecule has 1 fully saturated rings. The molecule has 3 aromatic rings. The predicted molar refractivity (Wildman–Crippen MR) is 147 cm³/mol. The van der Waals surface area contributed by atoms with Crippen LogP contribution in [0.4, 0.5) is 10.1 Å². The number of hydrogen-bond donors (Lipinski definition) is 0. The minimum absolute atomic E-state index is 0.0168. The first-order valence-corrected chi connectivity index (χ1v) is 12.4. The minimum atomic E-state index is -0.559. The van der Waals surface area contributed by atoms with Crippen LogP contribution in [-0.2, 0) is 20.9 Å². The van der Waals surface area contributed by atoms with E-state index in [0.717, 1.165) is 0 Å². The van der Waals surface area contributed by atoms with Crippen LogP contribution in [0.1, 0.15) is 18.1 Å². The molecule has 0 unspecified atom stereocenters. The van der Waals surface area contributed by atoms with Gasteiger partial charge in [0.1, 0.15) is 24.7 Å². The second-order valence-corrected chi connectivity index (χ2v) is 8.91. The number of carbonyl (C=O) groups is 2. The van der Waals surface area contributed by atoms with E-state index in [1.807, 2.05) is 6.92 Å². The van der Waals surface area contributed by atoms with E-state index in [9.17, 15) is 14.0 Å². The van der Waals surface area contributed by atoms with Gasteiger partial charge in [0.05, 0.1) is 19.4 Å². The van der Waals surface area contributed by atoms with Gasteiger partial charge < -0.3 is 19.1 Å². The molecule has 10 heteroatoms. The Morgan fingerprint density at radius 1 is 1.05 bits per heavy atom. The van der Waals surface area contributed by atoms with Crippen molar-refractivity contribution in [2.24, 2.45) is 0 Å². The Kier molecular flexibility index (Phi) is 8.60. The highest BCUT2D eigenvalue weighted by Gasteiger charge is 2.40. The molecular formula is C28H24ClFN2O5S. The van der Waals surface area contributed by atoms with Crippen molar-refractivity contribution in [3.63, 3.8) is 0 Å². The third kappa shape index (κ3) is 5.95. The van der Waals surface area contributed by atoms with Crippen molar-refractivity contribution in [3.8, 4) is 11.5 Å². The van der Waals surface area contributed by atoms with Crippen LogP contribution in [0.3, 0.4) is 0 Å². The van der Waals surface area contributed by atoms with Crippen LogP contribution in [-0.4, -0.2) is 42.2 Å². The Hall–Kier alpha value is -3.95. The quantitative estimate of drug-likeness (QED) is 0.194. The first kappa shape index (κ1) is 27.1. The molecule has 38 heavy (non-hydrogen) atoms. The fourth-order valence-corrected chi connectivity index (χ4v) is 4.25. The Morgan fingerprint density at radius 3 is 2.47 bits per heavy atom. The Morgan fingerprint density at radius 2 is 1.79 bits per heavy atom. The van der Waals surface area contributed by atoms with Crippen LogP contribution in [0, 0.1) is 5.82 Å². The van der Waals surface area contributed by atoms with E-state index in [1.165, 1.54) is 23.0 Å². The predicted octanol–water partition coefficient (Wildman–Crippen LogP) is 5.60. The third-order valence-corrected chi connectivity index (χ3v) is 6.30. The normalized spacial score (nSPS) is 14.3. The summed E-state index contributed by atoms with van der Waals surface area (Å²) in [6.07, 6.45) is 1.61. The van der Waals surface area contributed by atoms with E-state index < -0.39 is 11.9 Å². The number of carbonyl (C=O) groups excluding carboxylic acids is 2. The average molecular weight is 555 g/mol. The van der Waals surface area contributed by atoms with E-state index >= 15 is 0 Å². The van der Waals surface area contributed by atoms with Gasteiger partial charge in [0.25, 0.3) is 5.91 Å². The van der Waals surface area contributed by atoms with Crippen molar-refractivity contribution in [1.82, 2.24) is 4.90 Å². The number of thiocarbonyl (C=S) groups is 1. The highest BCUT2D eigenvalue weighted by molar-refractivity contribution is 7.80. The van der Waals surface area contributed by atoms with E-state index in [0.29, 0.717) is 39.9 Å². The lowest BCUT2D eigenvalue weighted by atomic mass is 10.1. The van der Waals surface area contributed by atoms with Crippen LogP contribution < -0.4 is 14.4 Å². The number of halogens is 2. The van der Waals surface area contributed by atoms with Crippen LogP contribution in [0.25, 0.3) is 6.08 Å². The first-order valence-electron chi connectivity index (χ1n) is 11.7. The number of hydrogen-bond acceptors (Lipinski definition) is 6. The highest BCUT2D eigenvalue weighted by Crippen LogP contribution is 2.33. The summed E-state index contributed by atoms with van der Waals surface area (Å²) in [5.41, 5.74) is 1.70. The van der Waals surface area contributed by atoms with E-state index in [2.05, 4.69) is 0 Å². The fraction of sp³-hybridized carbons (Fsp3) is 0.179. The van der Waals surface area contributed by atoms with Gasteiger partial charge >= 0.3 is 5.97 Å². The Labute approximate surface area is 230 Å². The summed E-state index contributed by atoms with van der Waals surface area (Å²) >= 11 is 11.6. The van der Waals surface area contributed by atoms with Gasteiger partial charge in [-0.3, -0.25) is 14.5 Å². The van der Waals surface area contributed by atoms with Crippen LogP contribution >= 0.6 is 23.8 Å². The second-order valence-electron chi connectivity index (χ2n) is 8.11. The van der Waals surface area contributed by atoms with Gasteiger partial charge in [-0.1, -0.05) is 35.9 Å². The lowest BCUT2D eigenvalue weighted by Crippen LogP contribution is -2.35. The van der Waals surface area contributed by atoms with Gasteiger partial charge in [-0.2, -0.15) is 0 Å². The molecule has 0 bridgehead atoms. The molecule has 0 aliphatic carbocycles. The molecule has 1 saturated heterocycles. The van der Waals surface area contributed by atoms with Gasteiger partial charge in [0.15, 0.2) is 16.6 Å². The molecule has 7 nitrogen and oxygen atoms in total. The van der Waals surface area contributed by atoms with Gasteiger partial charge in [-0.25, -0.2) is 4.39 Å². The van der Waals surface area contributed by atoms with Gasteiger partial charge in [-0.15, -0.1) is 0 Å². The van der Waals surface area contributed by atoms with E-state index in [1.54, 1.807) is 66.7 Å². The van der Waals surface area contributed by atoms with Gasteiger partial charge in [0.2, 0.25) is 0 Å². The molecule has 0 aromatic heterocycles. The summed E-state index contributed by atoms with van der Waals surface area (Å²) in [6, 6.07) is 18.1. The molecule has 0 spiro atoms. The van der Waals surface area contributed by atoms with Crippen molar-refractivity contribution < 1.29 is 28.2 Å². The standard InChI is InChI=1S/C28H24ClFN2O5S/c1-3-36-25-15-18(8-13-24(25)37-17-19-6-4-5-7-22(19)30)14-23-27(34)32(21-11-9-20(29)10-12-21)28(38)31(23)16-26(33)35-2/h4-15H,3,16-17H2,1-2H3/b23-14-. The van der Waals surface area contributed by atoms with Crippen molar-refractivity contribution in [2.75, 3.05) is 25.2 Å². The fourth-order valence-electron chi connectivity index (χ4n) is 3.78. The average Bonchev–Trinajstić information content (AvgIpc) is 3.13. The van der Waals surface area contributed by atoms with Crippen molar-refractivity contribution in [2.45, 2.75) is 13.5 Å². The second kappa shape index (κ2) is 12.1. The molecule has 0 saturated carbocycles. The van der Waals surface area contributed by atoms with Crippen molar-refractivity contribution in [3.05, 3.63) is 94.4 Å². The molecule has 0 atom stereocenters. The molecule has 4 rings (SSSR count). The van der Waals surface area contributed by atoms with Crippen molar-refractivity contribution in [1.29, 1.82) is 0 Å². The summed E-state index contributed by atoms with van der Waals surface area (Å²) in [7, 11) is 1.26. The lowest BCUT2D eigenvalue weighted by Gasteiger charge is -2.19. The molecule has 0 radical (unpaired) electrons. The summed E-state index contributed by atoms with van der Waals surface area (Å²) < 4.78 is 30.4. The molecule has 1 aliphatic rings. The third-order valence-electron chi connectivity index (χ3n) is 5.65. The molecule has 0 N–H and O–H groups in total. The molecule has 3 aromatic carbocycles. The molecular weight excluding hydrogens is 531 g/mol. The number of benzene rings is 3. The Balaban J connectivity index is 1.67. The van der Waals surface area contributed by atoms with E-state index in [-0.39, 0.29) is 29.8 Å². The zero-order chi connectivity index (χ0) is 27.2. The number of esters is 1. The first-order chi connectivity index (χ1) is 18.3. The zero-order valence-corrected chi connectivity index (χ0v) is 22.2. The maximum atomic E-state index is 14.0. The number of anilines is 1. The number of rotatable bonds is 9. The molecule has 196 valence electrons. The molecule has 1 aliphatic heterocycles. The molecule has 1 heterocycles. The summed E-state index contributed by atoms with van der Waals surface area (Å²) in [5, 5.41) is 0.637. The topological polar surface area (TPSA) is 68.3 Å². The number of nitrogens with zero attached hydrogens (tertiary/aromatic N) is 2. The summed E-state index contributed by atoms with van der Waals surface area (Å²) in [5.74, 6) is -0.506. The van der Waals surface area contributed by atoms with Crippen molar-refractivity contribution >= 4 is 52.6 Å². The SMILES string of the molecule is CCOc1cc(/C=C2/C(=O)N(c3ccc(Cl)cc3)C(=S)N2CC(=O)OC)ccc1OCc1ccccc1F. The van der Waals surface area contributed by atoms with Gasteiger partial charge in [-0.05, 0) is 73.2 Å². The van der Waals surface area contributed by atoms with E-state index in [4.69, 9.17) is 38.0 Å². The minimum Gasteiger partial charge on any atom is -0.490 e. The lowest BCUT2D eigenvalue weighted by molar-refractivity contribution is -0.140. The smallest absolute Gasteiger partial charge is 0.325 e. The maximum Gasteiger partial charge on any atom is 0.325 e. The molecule has 1 amide bonds. The van der Waals surface area contributed by atoms with Crippen LogP contribution in [0.2, 0.25) is 5.02 Å². The highest BCUT2D eigenvalue weighted by atomic mass is 35.5. The Bertz CT molecular complexity index is 1400. The summed E-state index contributed by atoms with van der Waals surface area (Å²) in [6.45, 7) is 1.95. The summed E-state index contributed by atoms with van der Waals surface area (Å²) in [4.78, 5) is 28.4. The largest absolute Gasteiger partial charge is 0.490 e. The zero-order valence-electron chi connectivity index (χ0n) is 20.6. The number of amides is 1.